The zero-order valence-electron chi connectivity index (χ0n) is 16.6. The van der Waals surface area contributed by atoms with Gasteiger partial charge in [-0.05, 0) is 55.0 Å². The Hall–Kier alpha value is -4.13. The van der Waals surface area contributed by atoms with E-state index in [-0.39, 0.29) is 30.6 Å². The molecule has 7 nitrogen and oxygen atoms in total. The molecule has 0 aliphatic carbocycles. The van der Waals surface area contributed by atoms with Crippen molar-refractivity contribution in [2.24, 2.45) is 0 Å². The van der Waals surface area contributed by atoms with Crippen molar-refractivity contribution in [1.29, 1.82) is 0 Å². The number of fused-ring (bicyclic) bond motifs is 1. The Bertz CT molecular complexity index is 1100. The summed E-state index contributed by atoms with van der Waals surface area (Å²) >= 11 is 0. The van der Waals surface area contributed by atoms with E-state index in [1.165, 1.54) is 0 Å². The summed E-state index contributed by atoms with van der Waals surface area (Å²) in [4.78, 5) is 37.1. The number of hydrogen-bond donors (Lipinski definition) is 3. The van der Waals surface area contributed by atoms with E-state index in [1.807, 2.05) is 30.3 Å². The highest BCUT2D eigenvalue weighted by Crippen LogP contribution is 2.23. The number of ether oxygens (including phenoxy) is 1. The number of amides is 3. The average Bonchev–Trinajstić information content (AvgIpc) is 2.90. The van der Waals surface area contributed by atoms with Gasteiger partial charge in [0.05, 0.1) is 11.3 Å². The van der Waals surface area contributed by atoms with Crippen LogP contribution in [0.2, 0.25) is 0 Å². The summed E-state index contributed by atoms with van der Waals surface area (Å²) in [6.07, 6.45) is 0.267. The average molecular weight is 415 g/mol. The fourth-order valence-electron chi connectivity index (χ4n) is 3.24. The standard InChI is InChI=1S/C24H21N3O4/c28-22(25-16-10-12-18(13-11-16)31-17-6-2-1-3-7-17)15-14-21-24(30)26-20-9-5-4-8-19(20)23(29)27-21/h1-13,21H,14-15H2,(H,25,28)(H,26,30)(H,27,29)/t21-/m1/s1. The number of nitrogens with one attached hydrogen (secondary N) is 3. The number of carbonyl (C=O) groups is 3. The summed E-state index contributed by atoms with van der Waals surface area (Å²) in [5, 5.41) is 8.21. The van der Waals surface area contributed by atoms with E-state index in [0.29, 0.717) is 22.7 Å². The van der Waals surface area contributed by atoms with Gasteiger partial charge in [0.1, 0.15) is 17.5 Å². The quantitative estimate of drug-likeness (QED) is 0.568. The highest BCUT2D eigenvalue weighted by Gasteiger charge is 2.27. The van der Waals surface area contributed by atoms with Gasteiger partial charge in [0.15, 0.2) is 0 Å². The first-order valence-electron chi connectivity index (χ1n) is 9.92. The van der Waals surface area contributed by atoms with E-state index in [2.05, 4.69) is 16.0 Å². The maximum atomic E-state index is 12.4. The van der Waals surface area contributed by atoms with Crippen molar-refractivity contribution >= 4 is 29.1 Å². The van der Waals surface area contributed by atoms with Gasteiger partial charge in [-0.1, -0.05) is 30.3 Å². The minimum Gasteiger partial charge on any atom is -0.457 e. The van der Waals surface area contributed by atoms with Crippen molar-refractivity contribution in [2.75, 3.05) is 10.6 Å². The maximum absolute atomic E-state index is 12.4. The van der Waals surface area contributed by atoms with Gasteiger partial charge in [0.2, 0.25) is 11.8 Å². The second kappa shape index (κ2) is 9.13. The molecule has 1 atom stereocenters. The summed E-state index contributed by atoms with van der Waals surface area (Å²) in [5.41, 5.74) is 1.49. The lowest BCUT2D eigenvalue weighted by Gasteiger charge is -2.14. The molecule has 3 N–H and O–H groups in total. The van der Waals surface area contributed by atoms with Crippen molar-refractivity contribution in [2.45, 2.75) is 18.9 Å². The van der Waals surface area contributed by atoms with Gasteiger partial charge in [0.25, 0.3) is 5.91 Å². The second-order valence-corrected chi connectivity index (χ2v) is 7.09. The van der Waals surface area contributed by atoms with Crippen LogP contribution in [0.5, 0.6) is 11.5 Å². The number of anilines is 2. The monoisotopic (exact) mass is 415 g/mol. The first-order valence-corrected chi connectivity index (χ1v) is 9.92. The third-order valence-corrected chi connectivity index (χ3v) is 4.83. The van der Waals surface area contributed by atoms with Crippen LogP contribution in [-0.4, -0.2) is 23.8 Å². The van der Waals surface area contributed by atoms with Crippen molar-refractivity contribution in [1.82, 2.24) is 5.32 Å². The number of carbonyl (C=O) groups excluding carboxylic acids is 3. The molecule has 3 amide bonds. The van der Waals surface area contributed by atoms with Gasteiger partial charge in [-0.3, -0.25) is 14.4 Å². The fourth-order valence-corrected chi connectivity index (χ4v) is 3.24. The Labute approximate surface area is 179 Å². The molecule has 3 aromatic rings. The van der Waals surface area contributed by atoms with Gasteiger partial charge in [-0.15, -0.1) is 0 Å². The molecule has 31 heavy (non-hydrogen) atoms. The third-order valence-electron chi connectivity index (χ3n) is 4.83. The van der Waals surface area contributed by atoms with Crippen molar-refractivity contribution in [3.05, 3.63) is 84.4 Å². The molecule has 0 radical (unpaired) electrons. The van der Waals surface area contributed by atoms with Crippen molar-refractivity contribution in [3.8, 4) is 11.5 Å². The molecule has 1 heterocycles. The van der Waals surface area contributed by atoms with Crippen LogP contribution >= 0.6 is 0 Å². The molecule has 1 aliphatic rings. The topological polar surface area (TPSA) is 96.5 Å². The van der Waals surface area contributed by atoms with Gasteiger partial charge >= 0.3 is 0 Å². The molecule has 7 heteroatoms. The lowest BCUT2D eigenvalue weighted by Crippen LogP contribution is -2.41. The van der Waals surface area contributed by atoms with Crippen LogP contribution in [0.25, 0.3) is 0 Å². The van der Waals surface area contributed by atoms with E-state index >= 15 is 0 Å². The number of hydrogen-bond acceptors (Lipinski definition) is 4. The Morgan fingerprint density at radius 3 is 2.32 bits per heavy atom. The normalized spacial score (nSPS) is 15.2. The van der Waals surface area contributed by atoms with Crippen LogP contribution in [0.15, 0.2) is 78.9 Å². The Morgan fingerprint density at radius 1 is 0.871 bits per heavy atom. The smallest absolute Gasteiger partial charge is 0.254 e. The molecule has 1 aliphatic heterocycles. The fraction of sp³-hybridized carbons (Fsp3) is 0.125. The molecule has 0 bridgehead atoms. The van der Waals surface area contributed by atoms with Crippen LogP contribution in [0, 0.1) is 0 Å². The van der Waals surface area contributed by atoms with Crippen LogP contribution in [-0.2, 0) is 9.59 Å². The SMILES string of the molecule is O=C(CC[C@H]1NC(=O)c2ccccc2NC1=O)Nc1ccc(Oc2ccccc2)cc1. The molecule has 0 spiro atoms. The van der Waals surface area contributed by atoms with E-state index in [4.69, 9.17) is 4.74 Å². The largest absolute Gasteiger partial charge is 0.457 e. The maximum Gasteiger partial charge on any atom is 0.254 e. The van der Waals surface area contributed by atoms with Crippen molar-refractivity contribution in [3.63, 3.8) is 0 Å². The summed E-state index contributed by atoms with van der Waals surface area (Å²) in [6.45, 7) is 0. The Morgan fingerprint density at radius 2 is 1.55 bits per heavy atom. The van der Waals surface area contributed by atoms with Crippen molar-refractivity contribution < 1.29 is 19.1 Å². The summed E-state index contributed by atoms with van der Waals surface area (Å²) in [7, 11) is 0. The number of benzene rings is 3. The van der Waals surface area contributed by atoms with Crippen LogP contribution in [0.4, 0.5) is 11.4 Å². The number of para-hydroxylation sites is 2. The molecule has 156 valence electrons. The Kier molecular flexibility index (Phi) is 5.93. The van der Waals surface area contributed by atoms with Gasteiger partial charge in [-0.25, -0.2) is 0 Å². The summed E-state index contributed by atoms with van der Waals surface area (Å²) in [6, 6.07) is 22.4. The lowest BCUT2D eigenvalue weighted by molar-refractivity contribution is -0.118. The molecule has 4 rings (SSSR count). The summed E-state index contributed by atoms with van der Waals surface area (Å²) < 4.78 is 5.73. The van der Waals surface area contributed by atoms with Gasteiger partial charge in [0, 0.05) is 12.1 Å². The Balaban J connectivity index is 1.30. The molecule has 3 aromatic carbocycles. The third kappa shape index (κ3) is 5.08. The highest BCUT2D eigenvalue weighted by molar-refractivity contribution is 6.10. The molecule has 0 saturated carbocycles. The highest BCUT2D eigenvalue weighted by atomic mass is 16.5. The molecule has 0 saturated heterocycles. The zero-order valence-corrected chi connectivity index (χ0v) is 16.6. The van der Waals surface area contributed by atoms with E-state index < -0.39 is 6.04 Å². The molecule has 0 aromatic heterocycles. The minimum absolute atomic E-state index is 0.0803. The first kappa shape index (κ1) is 20.2. The number of rotatable bonds is 6. The van der Waals surface area contributed by atoms with Crippen LogP contribution in [0.1, 0.15) is 23.2 Å². The van der Waals surface area contributed by atoms with Crippen LogP contribution < -0.4 is 20.7 Å². The zero-order chi connectivity index (χ0) is 21.6. The predicted octanol–water partition coefficient (Wildman–Crippen LogP) is 3.95. The minimum atomic E-state index is -0.785. The lowest BCUT2D eigenvalue weighted by atomic mass is 10.1. The molecule has 0 fully saturated rings. The van der Waals surface area contributed by atoms with E-state index in [9.17, 15) is 14.4 Å². The van der Waals surface area contributed by atoms with Gasteiger partial charge in [-0.2, -0.15) is 0 Å². The first-order chi connectivity index (χ1) is 15.1. The van der Waals surface area contributed by atoms with Gasteiger partial charge < -0.3 is 20.7 Å². The van der Waals surface area contributed by atoms with E-state index in [1.54, 1.807) is 48.5 Å². The predicted molar refractivity (Wildman–Crippen MR) is 117 cm³/mol. The summed E-state index contributed by atoms with van der Waals surface area (Å²) in [5.74, 6) is 0.453. The molecule has 0 unspecified atom stereocenters. The second-order valence-electron chi connectivity index (χ2n) is 7.09. The van der Waals surface area contributed by atoms with Crippen LogP contribution in [0.3, 0.4) is 0 Å². The van der Waals surface area contributed by atoms with E-state index in [0.717, 1.165) is 5.75 Å². The molecular weight excluding hydrogens is 394 g/mol. The molecular formula is C24H21N3O4.